The van der Waals surface area contributed by atoms with Crippen LogP contribution in [0.4, 0.5) is 20.6 Å². The van der Waals surface area contributed by atoms with Gasteiger partial charge in [0.2, 0.25) is 0 Å². The smallest absolute Gasteiger partial charge is 0.318 e. The van der Waals surface area contributed by atoms with E-state index in [9.17, 15) is 9.18 Å². The van der Waals surface area contributed by atoms with E-state index >= 15 is 0 Å². The predicted octanol–water partition coefficient (Wildman–Crippen LogP) is 3.91. The van der Waals surface area contributed by atoms with Crippen LogP contribution in [0.2, 0.25) is 0 Å². The average Bonchev–Trinajstić information content (AvgIpc) is 2.66. The number of hydrogen-bond acceptors (Lipinski definition) is 3. The minimum Gasteiger partial charge on any atom is -0.489 e. The van der Waals surface area contributed by atoms with Gasteiger partial charge in [0.25, 0.3) is 0 Å². The quantitative estimate of drug-likeness (QED) is 0.883. The highest BCUT2D eigenvalue weighted by atomic mass is 19.1. The number of piperidine rings is 1. The first-order valence-corrected chi connectivity index (χ1v) is 8.83. The lowest BCUT2D eigenvalue weighted by atomic mass is 10.1. The summed E-state index contributed by atoms with van der Waals surface area (Å²) in [5, 5.41) is 0. The third-order valence-electron chi connectivity index (χ3n) is 4.64. The van der Waals surface area contributed by atoms with E-state index in [4.69, 9.17) is 10.5 Å². The van der Waals surface area contributed by atoms with Gasteiger partial charge in [0.05, 0.1) is 0 Å². The number of anilines is 2. The van der Waals surface area contributed by atoms with Crippen LogP contribution >= 0.6 is 0 Å². The Morgan fingerprint density at radius 2 is 1.85 bits per heavy atom. The maximum atomic E-state index is 14.0. The summed E-state index contributed by atoms with van der Waals surface area (Å²) in [6, 6.07) is 11.7. The monoisotopic (exact) mass is 357 g/mol. The molecule has 1 aliphatic rings. The normalized spacial score (nSPS) is 14.2. The minimum atomic E-state index is -0.515. The Labute approximate surface area is 153 Å². The van der Waals surface area contributed by atoms with Crippen LogP contribution in [0.25, 0.3) is 0 Å². The maximum Gasteiger partial charge on any atom is 0.318 e. The standard InChI is InChI=1S/C20H24FN3O2/c1-23(20(22)25)17-7-5-15(6-8-17)14-26-19-12-16(21)11-18(13-19)24-9-3-2-4-10-24/h5-8,11-13H,2-4,9-10,14H2,1H3,(H2,22,25). The van der Waals surface area contributed by atoms with E-state index < -0.39 is 6.03 Å². The first-order chi connectivity index (χ1) is 12.5. The van der Waals surface area contributed by atoms with E-state index in [-0.39, 0.29) is 5.82 Å². The van der Waals surface area contributed by atoms with Crippen molar-refractivity contribution >= 4 is 17.4 Å². The minimum absolute atomic E-state index is 0.290. The van der Waals surface area contributed by atoms with Gasteiger partial charge in [-0.1, -0.05) is 12.1 Å². The lowest BCUT2D eigenvalue weighted by molar-refractivity contribution is 0.255. The highest BCUT2D eigenvalue weighted by molar-refractivity contribution is 5.89. The van der Waals surface area contributed by atoms with E-state index in [1.165, 1.54) is 17.4 Å². The fraction of sp³-hybridized carbons (Fsp3) is 0.350. The zero-order valence-electron chi connectivity index (χ0n) is 15.0. The molecule has 1 saturated heterocycles. The Hall–Kier alpha value is -2.76. The molecule has 1 heterocycles. The van der Waals surface area contributed by atoms with Gasteiger partial charge in [-0.05, 0) is 43.0 Å². The summed E-state index contributed by atoms with van der Waals surface area (Å²) in [4.78, 5) is 14.7. The zero-order chi connectivity index (χ0) is 18.5. The Morgan fingerprint density at radius 1 is 1.15 bits per heavy atom. The molecule has 5 nitrogen and oxygen atoms in total. The molecule has 138 valence electrons. The lowest BCUT2D eigenvalue weighted by Gasteiger charge is -2.29. The van der Waals surface area contributed by atoms with Crippen molar-refractivity contribution < 1.29 is 13.9 Å². The number of carbonyl (C=O) groups is 1. The molecule has 1 fully saturated rings. The van der Waals surface area contributed by atoms with Crippen LogP contribution in [0.3, 0.4) is 0 Å². The highest BCUT2D eigenvalue weighted by Crippen LogP contribution is 2.27. The zero-order valence-corrected chi connectivity index (χ0v) is 15.0. The fourth-order valence-corrected chi connectivity index (χ4v) is 3.08. The van der Waals surface area contributed by atoms with E-state index in [1.54, 1.807) is 25.2 Å². The summed E-state index contributed by atoms with van der Waals surface area (Å²) in [6.45, 7) is 2.24. The van der Waals surface area contributed by atoms with Crippen LogP contribution in [0.15, 0.2) is 42.5 Å². The summed E-state index contributed by atoms with van der Waals surface area (Å²) < 4.78 is 19.8. The van der Waals surface area contributed by atoms with Gasteiger partial charge in [-0.25, -0.2) is 9.18 Å². The Bertz CT molecular complexity index is 758. The number of carbonyl (C=O) groups excluding carboxylic acids is 1. The van der Waals surface area contributed by atoms with Crippen LogP contribution in [-0.4, -0.2) is 26.2 Å². The van der Waals surface area contributed by atoms with Gasteiger partial charge in [0.15, 0.2) is 0 Å². The third kappa shape index (κ3) is 4.45. The van der Waals surface area contributed by atoms with Gasteiger partial charge < -0.3 is 15.4 Å². The molecule has 0 saturated carbocycles. The molecule has 0 atom stereocenters. The Kier molecular flexibility index (Phi) is 5.61. The van der Waals surface area contributed by atoms with E-state index in [2.05, 4.69) is 4.90 Å². The molecule has 26 heavy (non-hydrogen) atoms. The molecule has 2 N–H and O–H groups in total. The summed E-state index contributed by atoms with van der Waals surface area (Å²) >= 11 is 0. The van der Waals surface area contributed by atoms with E-state index in [1.807, 2.05) is 18.2 Å². The predicted molar refractivity (Wildman–Crippen MR) is 101 cm³/mol. The molecule has 2 aromatic carbocycles. The molecule has 0 spiro atoms. The van der Waals surface area contributed by atoms with Crippen molar-refractivity contribution in [3.63, 3.8) is 0 Å². The molecule has 0 aromatic heterocycles. The SMILES string of the molecule is CN(C(N)=O)c1ccc(COc2cc(F)cc(N3CCCCC3)c2)cc1. The number of ether oxygens (including phenoxy) is 1. The first kappa shape index (κ1) is 18.0. The molecular formula is C20H24FN3O2. The molecule has 6 heteroatoms. The van der Waals surface area contributed by atoms with Crippen LogP contribution in [-0.2, 0) is 6.61 Å². The van der Waals surface area contributed by atoms with Gasteiger partial charge in [0.1, 0.15) is 18.2 Å². The number of benzene rings is 2. The van der Waals surface area contributed by atoms with Crippen molar-refractivity contribution in [1.82, 2.24) is 0 Å². The fourth-order valence-electron chi connectivity index (χ4n) is 3.08. The van der Waals surface area contributed by atoms with E-state index in [0.29, 0.717) is 18.0 Å². The van der Waals surface area contributed by atoms with Gasteiger partial charge in [-0.2, -0.15) is 0 Å². The number of halogens is 1. The summed E-state index contributed by atoms with van der Waals surface area (Å²) in [7, 11) is 1.61. The number of amides is 2. The van der Waals surface area contributed by atoms with Crippen LogP contribution < -0.4 is 20.3 Å². The van der Waals surface area contributed by atoms with Crippen molar-refractivity contribution in [2.75, 3.05) is 29.9 Å². The second-order valence-electron chi connectivity index (χ2n) is 6.55. The molecule has 3 rings (SSSR count). The number of rotatable bonds is 5. The van der Waals surface area contributed by atoms with Crippen LogP contribution in [0.5, 0.6) is 5.75 Å². The van der Waals surface area contributed by atoms with Gasteiger partial charge in [-0.3, -0.25) is 4.90 Å². The van der Waals surface area contributed by atoms with Gasteiger partial charge >= 0.3 is 6.03 Å². The van der Waals surface area contributed by atoms with Crippen LogP contribution in [0, 0.1) is 5.82 Å². The molecule has 0 unspecified atom stereocenters. The topological polar surface area (TPSA) is 58.8 Å². The third-order valence-corrected chi connectivity index (χ3v) is 4.64. The average molecular weight is 357 g/mol. The molecule has 2 aromatic rings. The summed E-state index contributed by atoms with van der Waals surface area (Å²) in [6.07, 6.45) is 3.51. The van der Waals surface area contributed by atoms with Crippen molar-refractivity contribution in [2.24, 2.45) is 5.73 Å². The number of urea groups is 1. The Morgan fingerprint density at radius 3 is 2.50 bits per heavy atom. The molecule has 1 aliphatic heterocycles. The number of nitrogens with zero attached hydrogens (tertiary/aromatic N) is 2. The van der Waals surface area contributed by atoms with Crippen molar-refractivity contribution in [2.45, 2.75) is 25.9 Å². The van der Waals surface area contributed by atoms with Crippen LogP contribution in [0.1, 0.15) is 24.8 Å². The molecule has 0 bridgehead atoms. The summed E-state index contributed by atoms with van der Waals surface area (Å²) in [5.74, 6) is 0.227. The molecule has 0 radical (unpaired) electrons. The molecule has 2 amide bonds. The maximum absolute atomic E-state index is 14.0. The highest BCUT2D eigenvalue weighted by Gasteiger charge is 2.13. The van der Waals surface area contributed by atoms with Gasteiger partial charge in [0, 0.05) is 43.6 Å². The van der Waals surface area contributed by atoms with Crippen molar-refractivity contribution in [3.8, 4) is 5.75 Å². The molecule has 0 aliphatic carbocycles. The van der Waals surface area contributed by atoms with E-state index in [0.717, 1.165) is 37.2 Å². The number of primary amides is 1. The van der Waals surface area contributed by atoms with Gasteiger partial charge in [-0.15, -0.1) is 0 Å². The number of nitrogens with two attached hydrogens (primary N) is 1. The number of hydrogen-bond donors (Lipinski definition) is 1. The second kappa shape index (κ2) is 8.08. The second-order valence-corrected chi connectivity index (χ2v) is 6.55. The van der Waals surface area contributed by atoms with Crippen molar-refractivity contribution in [1.29, 1.82) is 0 Å². The largest absolute Gasteiger partial charge is 0.489 e. The summed E-state index contributed by atoms with van der Waals surface area (Å²) in [5.41, 5.74) is 7.76. The van der Waals surface area contributed by atoms with Crippen molar-refractivity contribution in [3.05, 3.63) is 53.8 Å². The molecular weight excluding hydrogens is 333 g/mol. The lowest BCUT2D eigenvalue weighted by Crippen LogP contribution is -2.31. The Balaban J connectivity index is 1.65. The first-order valence-electron chi connectivity index (χ1n) is 8.83.